The highest BCUT2D eigenvalue weighted by Crippen LogP contribution is 2.21. The van der Waals surface area contributed by atoms with Crippen molar-refractivity contribution in [2.24, 2.45) is 0 Å². The van der Waals surface area contributed by atoms with Gasteiger partial charge in [0, 0.05) is 23.6 Å². The van der Waals surface area contributed by atoms with E-state index in [2.05, 4.69) is 9.47 Å². The van der Waals surface area contributed by atoms with Crippen molar-refractivity contribution >= 4 is 16.9 Å². The van der Waals surface area contributed by atoms with Crippen molar-refractivity contribution in [1.82, 2.24) is 9.47 Å². The van der Waals surface area contributed by atoms with Gasteiger partial charge in [-0.25, -0.2) is 4.79 Å². The Labute approximate surface area is 125 Å². The molecule has 1 fully saturated rings. The number of para-hydroxylation sites is 1. The van der Waals surface area contributed by atoms with Gasteiger partial charge in [0.05, 0.1) is 5.56 Å². The first kappa shape index (κ1) is 14.1. The Bertz CT molecular complexity index is 627. The molecule has 0 bridgehead atoms. The highest BCUT2D eigenvalue weighted by Gasteiger charge is 2.14. The molecule has 0 unspecified atom stereocenters. The summed E-state index contributed by atoms with van der Waals surface area (Å²) in [6.45, 7) is 4.42. The molecule has 0 aliphatic carbocycles. The van der Waals surface area contributed by atoms with Gasteiger partial charge in [0.15, 0.2) is 0 Å². The van der Waals surface area contributed by atoms with Gasteiger partial charge >= 0.3 is 5.97 Å². The van der Waals surface area contributed by atoms with Gasteiger partial charge in [-0.15, -0.1) is 0 Å². The fourth-order valence-corrected chi connectivity index (χ4v) is 3.25. The van der Waals surface area contributed by atoms with Crippen LogP contribution < -0.4 is 0 Å². The standard InChI is InChI=1S/C17H22N2O2/c20-17(21)15-13-19(16-8-3-2-7-14(15)16)12-6-11-18-9-4-1-5-10-18/h2-3,7-8,13H,1,4-6,9-12H2,(H,20,21). The van der Waals surface area contributed by atoms with Gasteiger partial charge in [0.1, 0.15) is 0 Å². The number of aromatic carboxylic acids is 1. The molecule has 112 valence electrons. The fourth-order valence-electron chi connectivity index (χ4n) is 3.25. The smallest absolute Gasteiger partial charge is 0.337 e. The lowest BCUT2D eigenvalue weighted by Gasteiger charge is -2.26. The number of hydrogen-bond acceptors (Lipinski definition) is 2. The minimum absolute atomic E-state index is 0.406. The van der Waals surface area contributed by atoms with E-state index in [1.54, 1.807) is 6.20 Å². The molecule has 2 aromatic rings. The second-order valence-corrected chi connectivity index (χ2v) is 5.81. The zero-order valence-corrected chi connectivity index (χ0v) is 12.3. The summed E-state index contributed by atoms with van der Waals surface area (Å²) in [6, 6.07) is 7.75. The van der Waals surface area contributed by atoms with Crippen LogP contribution in [0.15, 0.2) is 30.5 Å². The van der Waals surface area contributed by atoms with E-state index >= 15 is 0 Å². The normalized spacial score (nSPS) is 16.4. The molecule has 2 heterocycles. The lowest BCUT2D eigenvalue weighted by atomic mass is 10.1. The SMILES string of the molecule is O=C(O)c1cn(CCCN2CCCCC2)c2ccccc12. The van der Waals surface area contributed by atoms with E-state index in [4.69, 9.17) is 0 Å². The zero-order chi connectivity index (χ0) is 14.7. The fraction of sp³-hybridized carbons (Fsp3) is 0.471. The number of nitrogens with zero attached hydrogens (tertiary/aromatic N) is 2. The van der Waals surface area contributed by atoms with E-state index in [1.807, 2.05) is 24.3 Å². The van der Waals surface area contributed by atoms with Crippen LogP contribution in [-0.4, -0.2) is 40.2 Å². The number of carboxylic acid groups (broad SMARTS) is 1. The maximum atomic E-state index is 11.3. The van der Waals surface area contributed by atoms with E-state index in [9.17, 15) is 9.90 Å². The summed E-state index contributed by atoms with van der Waals surface area (Å²) in [7, 11) is 0. The summed E-state index contributed by atoms with van der Waals surface area (Å²) in [6.07, 6.45) is 6.84. The Morgan fingerprint density at radius 3 is 2.62 bits per heavy atom. The summed E-state index contributed by atoms with van der Waals surface area (Å²) in [5.41, 5.74) is 1.43. The van der Waals surface area contributed by atoms with E-state index in [-0.39, 0.29) is 0 Å². The Balaban J connectivity index is 1.70. The molecule has 1 aliphatic heterocycles. The minimum Gasteiger partial charge on any atom is -0.478 e. The summed E-state index contributed by atoms with van der Waals surface area (Å²) < 4.78 is 2.09. The van der Waals surface area contributed by atoms with E-state index < -0.39 is 5.97 Å². The number of benzene rings is 1. The van der Waals surface area contributed by atoms with Crippen LogP contribution in [0.2, 0.25) is 0 Å². The van der Waals surface area contributed by atoms with Gasteiger partial charge < -0.3 is 14.6 Å². The predicted molar refractivity (Wildman–Crippen MR) is 83.8 cm³/mol. The monoisotopic (exact) mass is 286 g/mol. The second-order valence-electron chi connectivity index (χ2n) is 5.81. The second kappa shape index (κ2) is 6.31. The van der Waals surface area contributed by atoms with Crippen LogP contribution in [0, 0.1) is 0 Å². The number of piperidine rings is 1. The molecule has 0 atom stereocenters. The first-order chi connectivity index (χ1) is 10.3. The molecule has 1 N–H and O–H groups in total. The molecule has 0 saturated carbocycles. The average molecular weight is 286 g/mol. The Kier molecular flexibility index (Phi) is 4.25. The summed E-state index contributed by atoms with van der Waals surface area (Å²) in [5, 5.41) is 10.1. The van der Waals surface area contributed by atoms with Gasteiger partial charge in [0.2, 0.25) is 0 Å². The number of carbonyl (C=O) groups is 1. The van der Waals surface area contributed by atoms with Crippen LogP contribution in [-0.2, 0) is 6.54 Å². The van der Waals surface area contributed by atoms with Gasteiger partial charge in [-0.1, -0.05) is 24.6 Å². The van der Waals surface area contributed by atoms with Crippen molar-refractivity contribution < 1.29 is 9.90 Å². The van der Waals surface area contributed by atoms with E-state index in [0.717, 1.165) is 30.4 Å². The first-order valence-electron chi connectivity index (χ1n) is 7.79. The third-order valence-electron chi connectivity index (χ3n) is 4.34. The van der Waals surface area contributed by atoms with E-state index in [1.165, 1.54) is 32.4 Å². The van der Waals surface area contributed by atoms with Crippen molar-refractivity contribution in [1.29, 1.82) is 0 Å². The van der Waals surface area contributed by atoms with Gasteiger partial charge in [-0.2, -0.15) is 0 Å². The predicted octanol–water partition coefficient (Wildman–Crippen LogP) is 3.22. The number of aryl methyl sites for hydroxylation is 1. The molecule has 0 amide bonds. The molecule has 0 spiro atoms. The number of likely N-dealkylation sites (tertiary alicyclic amines) is 1. The van der Waals surface area contributed by atoms with E-state index in [0.29, 0.717) is 5.56 Å². The van der Waals surface area contributed by atoms with Crippen LogP contribution >= 0.6 is 0 Å². The molecule has 1 saturated heterocycles. The molecule has 1 aromatic heterocycles. The molecule has 21 heavy (non-hydrogen) atoms. The lowest BCUT2D eigenvalue weighted by Crippen LogP contribution is -2.31. The number of hydrogen-bond donors (Lipinski definition) is 1. The van der Waals surface area contributed by atoms with Crippen molar-refractivity contribution in [3.63, 3.8) is 0 Å². The van der Waals surface area contributed by atoms with Crippen LogP contribution in [0.25, 0.3) is 10.9 Å². The quantitative estimate of drug-likeness (QED) is 0.918. The van der Waals surface area contributed by atoms with Crippen molar-refractivity contribution in [3.05, 3.63) is 36.0 Å². The zero-order valence-electron chi connectivity index (χ0n) is 12.3. The van der Waals surface area contributed by atoms with Gasteiger partial charge in [-0.3, -0.25) is 0 Å². The van der Waals surface area contributed by atoms with Crippen LogP contribution in [0.1, 0.15) is 36.0 Å². The van der Waals surface area contributed by atoms with Crippen LogP contribution in [0.3, 0.4) is 0 Å². The number of fused-ring (bicyclic) bond motifs is 1. The third kappa shape index (κ3) is 3.10. The minimum atomic E-state index is -0.846. The lowest BCUT2D eigenvalue weighted by molar-refractivity contribution is 0.0698. The molecule has 4 nitrogen and oxygen atoms in total. The van der Waals surface area contributed by atoms with Crippen LogP contribution in [0.4, 0.5) is 0 Å². The highest BCUT2D eigenvalue weighted by molar-refractivity contribution is 6.03. The first-order valence-corrected chi connectivity index (χ1v) is 7.79. The van der Waals surface area contributed by atoms with Crippen molar-refractivity contribution in [2.45, 2.75) is 32.2 Å². The summed E-state index contributed by atoms with van der Waals surface area (Å²) in [4.78, 5) is 13.8. The van der Waals surface area contributed by atoms with Gasteiger partial charge in [0.25, 0.3) is 0 Å². The van der Waals surface area contributed by atoms with Crippen molar-refractivity contribution in [3.8, 4) is 0 Å². The van der Waals surface area contributed by atoms with Crippen LogP contribution in [0.5, 0.6) is 0 Å². The Hall–Kier alpha value is -1.81. The van der Waals surface area contributed by atoms with Gasteiger partial charge in [-0.05, 0) is 45.0 Å². The molecule has 1 aliphatic rings. The Morgan fingerprint density at radius 1 is 1.10 bits per heavy atom. The number of carboxylic acids is 1. The molecule has 0 radical (unpaired) electrons. The summed E-state index contributed by atoms with van der Waals surface area (Å²) >= 11 is 0. The Morgan fingerprint density at radius 2 is 1.86 bits per heavy atom. The number of rotatable bonds is 5. The molecular weight excluding hydrogens is 264 g/mol. The third-order valence-corrected chi connectivity index (χ3v) is 4.34. The molecule has 4 heteroatoms. The molecule has 3 rings (SSSR count). The average Bonchev–Trinajstić information content (AvgIpc) is 2.88. The molecule has 1 aromatic carbocycles. The maximum absolute atomic E-state index is 11.3. The maximum Gasteiger partial charge on any atom is 0.337 e. The molecular formula is C17H22N2O2. The van der Waals surface area contributed by atoms with Crippen molar-refractivity contribution in [2.75, 3.05) is 19.6 Å². The largest absolute Gasteiger partial charge is 0.478 e. The topological polar surface area (TPSA) is 45.5 Å². The summed E-state index contributed by atoms with van der Waals surface area (Å²) in [5.74, 6) is -0.846. The number of aromatic nitrogens is 1. The highest BCUT2D eigenvalue weighted by atomic mass is 16.4.